The normalized spacial score (nSPS) is 11.7. The van der Waals surface area contributed by atoms with Gasteiger partial charge in [0.15, 0.2) is 0 Å². The number of benzene rings is 8. The molecule has 0 saturated carbocycles. The molecule has 2 heterocycles. The lowest BCUT2D eigenvalue weighted by molar-refractivity contribution is -0.137. The van der Waals surface area contributed by atoms with Crippen molar-refractivity contribution in [3.05, 3.63) is 192 Å². The summed E-state index contributed by atoms with van der Waals surface area (Å²) < 4.78 is 46.1. The van der Waals surface area contributed by atoms with Gasteiger partial charge in [0.2, 0.25) is 0 Å². The Labute approximate surface area is 343 Å². The highest BCUT2D eigenvalue weighted by Crippen LogP contribution is 2.43. The van der Waals surface area contributed by atoms with Crippen molar-refractivity contribution in [1.82, 2.24) is 9.13 Å². The molecule has 0 atom stereocenters. The summed E-state index contributed by atoms with van der Waals surface area (Å²) in [6, 6.07) is 56.9. The van der Waals surface area contributed by atoms with E-state index in [1.54, 1.807) is 0 Å². The third kappa shape index (κ3) is 5.91. The van der Waals surface area contributed by atoms with Crippen LogP contribution in [0.4, 0.5) is 13.2 Å². The molecule has 0 fully saturated rings. The second-order valence-corrected chi connectivity index (χ2v) is 15.3. The molecule has 0 N–H and O–H groups in total. The zero-order valence-electron chi connectivity index (χ0n) is 32.5. The number of fused-ring (bicyclic) bond motifs is 6. The number of aromatic nitrogens is 2. The van der Waals surface area contributed by atoms with Crippen LogP contribution in [0.2, 0.25) is 0 Å². The molecule has 10 rings (SSSR count). The Morgan fingerprint density at radius 1 is 0.433 bits per heavy atom. The molecule has 0 spiro atoms. The van der Waals surface area contributed by atoms with E-state index in [4.69, 9.17) is 0 Å². The molecule has 286 valence electrons. The van der Waals surface area contributed by atoms with Crippen LogP contribution < -0.4 is 0 Å². The zero-order chi connectivity index (χ0) is 41.3. The van der Waals surface area contributed by atoms with E-state index in [0.29, 0.717) is 28.1 Å². The van der Waals surface area contributed by atoms with E-state index in [9.17, 15) is 23.7 Å². The molecular formula is C53H33F3N4. The summed E-state index contributed by atoms with van der Waals surface area (Å²) in [4.78, 5) is 0. The second-order valence-electron chi connectivity index (χ2n) is 15.3. The van der Waals surface area contributed by atoms with Gasteiger partial charge in [0.05, 0.1) is 50.6 Å². The molecule has 7 heteroatoms. The van der Waals surface area contributed by atoms with Crippen LogP contribution in [0.15, 0.2) is 164 Å². The maximum Gasteiger partial charge on any atom is 0.416 e. The minimum atomic E-state index is -4.63. The van der Waals surface area contributed by atoms with Crippen LogP contribution in [0, 0.1) is 36.5 Å². The monoisotopic (exact) mass is 782 g/mol. The predicted molar refractivity (Wildman–Crippen MR) is 235 cm³/mol. The molecule has 4 nitrogen and oxygen atoms in total. The van der Waals surface area contributed by atoms with E-state index in [-0.39, 0.29) is 5.56 Å². The molecule has 8 aromatic carbocycles. The highest BCUT2D eigenvalue weighted by Gasteiger charge is 2.31. The van der Waals surface area contributed by atoms with Crippen molar-refractivity contribution in [2.24, 2.45) is 0 Å². The van der Waals surface area contributed by atoms with Gasteiger partial charge in [-0.05, 0) is 108 Å². The van der Waals surface area contributed by atoms with Crippen LogP contribution in [0.25, 0.3) is 88.4 Å². The fraction of sp³-hybridized carbons (Fsp3) is 0.0566. The summed E-state index contributed by atoms with van der Waals surface area (Å²) in [5.74, 6) is 0. The summed E-state index contributed by atoms with van der Waals surface area (Å²) >= 11 is 0. The Hall–Kier alpha value is -7.87. The van der Waals surface area contributed by atoms with E-state index < -0.39 is 11.7 Å². The Bertz CT molecular complexity index is 3260. The first-order valence-electron chi connectivity index (χ1n) is 19.5. The van der Waals surface area contributed by atoms with Gasteiger partial charge in [0, 0.05) is 21.5 Å². The molecule has 10 aromatic rings. The number of hydrogen-bond donors (Lipinski definition) is 0. The first-order valence-corrected chi connectivity index (χ1v) is 19.5. The van der Waals surface area contributed by atoms with Crippen LogP contribution in [0.1, 0.15) is 27.8 Å². The molecule has 0 bridgehead atoms. The van der Waals surface area contributed by atoms with Crippen LogP contribution in [-0.2, 0) is 6.18 Å². The van der Waals surface area contributed by atoms with Gasteiger partial charge in [-0.25, -0.2) is 0 Å². The van der Waals surface area contributed by atoms with Crippen molar-refractivity contribution < 1.29 is 13.2 Å². The van der Waals surface area contributed by atoms with E-state index in [0.717, 1.165) is 78.0 Å². The molecule has 0 radical (unpaired) electrons. The average Bonchev–Trinajstić information content (AvgIpc) is 3.78. The van der Waals surface area contributed by atoms with Crippen LogP contribution in [-0.4, -0.2) is 9.13 Å². The first kappa shape index (κ1) is 36.5. The van der Waals surface area contributed by atoms with Crippen molar-refractivity contribution in [2.45, 2.75) is 20.0 Å². The topological polar surface area (TPSA) is 57.4 Å². The lowest BCUT2D eigenvalue weighted by atomic mass is 9.95. The van der Waals surface area contributed by atoms with Gasteiger partial charge in [-0.3, -0.25) is 0 Å². The third-order valence-electron chi connectivity index (χ3n) is 11.6. The summed E-state index contributed by atoms with van der Waals surface area (Å²) in [6.45, 7) is 4.12. The zero-order valence-corrected chi connectivity index (χ0v) is 32.5. The maximum atomic E-state index is 14.0. The molecule has 0 aliphatic heterocycles. The van der Waals surface area contributed by atoms with Gasteiger partial charge in [-0.15, -0.1) is 0 Å². The number of para-hydroxylation sites is 2. The molecule has 0 saturated heterocycles. The Morgan fingerprint density at radius 3 is 1.33 bits per heavy atom. The Balaban J connectivity index is 1.30. The van der Waals surface area contributed by atoms with Crippen molar-refractivity contribution in [3.63, 3.8) is 0 Å². The molecule has 0 aliphatic rings. The number of alkyl halides is 3. The molecule has 60 heavy (non-hydrogen) atoms. The van der Waals surface area contributed by atoms with Gasteiger partial charge < -0.3 is 9.13 Å². The van der Waals surface area contributed by atoms with Crippen molar-refractivity contribution in [2.75, 3.05) is 0 Å². The van der Waals surface area contributed by atoms with Gasteiger partial charge in [0.1, 0.15) is 11.6 Å². The van der Waals surface area contributed by atoms with Gasteiger partial charge in [-0.2, -0.15) is 23.7 Å². The number of rotatable bonds is 5. The molecule has 0 unspecified atom stereocenters. The molecule has 0 aliphatic carbocycles. The molecule has 2 aromatic heterocycles. The first-order chi connectivity index (χ1) is 29.1. The van der Waals surface area contributed by atoms with E-state index in [2.05, 4.69) is 126 Å². The van der Waals surface area contributed by atoms with Crippen LogP contribution >= 0.6 is 0 Å². The summed E-state index contributed by atoms with van der Waals surface area (Å²) in [5.41, 5.74) is 11.2. The highest BCUT2D eigenvalue weighted by molar-refractivity contribution is 6.12. The van der Waals surface area contributed by atoms with Gasteiger partial charge in [-0.1, -0.05) is 114 Å². The van der Waals surface area contributed by atoms with E-state index in [1.807, 2.05) is 54.6 Å². The largest absolute Gasteiger partial charge is 0.416 e. The number of hydrogen-bond acceptors (Lipinski definition) is 2. The highest BCUT2D eigenvalue weighted by atomic mass is 19.4. The maximum absolute atomic E-state index is 14.0. The van der Waals surface area contributed by atoms with E-state index >= 15 is 0 Å². The molecular weight excluding hydrogens is 750 g/mol. The number of halogens is 3. The number of nitriles is 2. The second kappa shape index (κ2) is 13.9. The number of aryl methyl sites for hydroxylation is 2. The van der Waals surface area contributed by atoms with E-state index in [1.165, 1.54) is 17.2 Å². The van der Waals surface area contributed by atoms with Crippen molar-refractivity contribution in [3.8, 4) is 56.9 Å². The Morgan fingerprint density at radius 2 is 0.883 bits per heavy atom. The lowest BCUT2D eigenvalue weighted by Crippen LogP contribution is -2.07. The fourth-order valence-electron chi connectivity index (χ4n) is 8.62. The standard InChI is InChI=1S/C53H33F3N4/c1-32-11-15-34(16-12-32)36-19-23-49-44(26-36)42-7-3-5-9-47(42)59(49)51-28-38(41-22-21-40(53(54,55)56)25-39(41)30-57)29-52(46(51)31-58)60-48-10-6-4-8-43(48)45-27-37(20-24-50(45)60)35-17-13-33(2)14-18-35/h3-29H,1-2H3. The number of nitrogens with zero attached hydrogens (tertiary/aromatic N) is 4. The van der Waals surface area contributed by atoms with Crippen LogP contribution in [0.5, 0.6) is 0 Å². The summed E-state index contributed by atoms with van der Waals surface area (Å²) in [7, 11) is 0. The fourth-order valence-corrected chi connectivity index (χ4v) is 8.62. The third-order valence-corrected chi connectivity index (χ3v) is 11.6. The summed E-state index contributed by atoms with van der Waals surface area (Å²) in [5, 5.41) is 25.6. The minimum Gasteiger partial charge on any atom is -0.308 e. The minimum absolute atomic E-state index is 0.124. The van der Waals surface area contributed by atoms with Gasteiger partial charge >= 0.3 is 6.18 Å². The smallest absolute Gasteiger partial charge is 0.308 e. The quantitative estimate of drug-likeness (QED) is 0.175. The SMILES string of the molecule is Cc1ccc(-c2ccc3c(c2)c2ccccc2n3-c2cc(-c3ccc(C(F)(F)F)cc3C#N)cc(-n3c4ccccc4c4cc(-c5ccc(C)cc5)ccc43)c2C#N)cc1. The average molecular weight is 783 g/mol. The molecule has 0 amide bonds. The van der Waals surface area contributed by atoms with Crippen LogP contribution in [0.3, 0.4) is 0 Å². The lowest BCUT2D eigenvalue weighted by Gasteiger charge is -2.19. The van der Waals surface area contributed by atoms with Crippen molar-refractivity contribution >= 4 is 43.6 Å². The summed E-state index contributed by atoms with van der Waals surface area (Å²) in [6.07, 6.45) is -4.63. The van der Waals surface area contributed by atoms with Gasteiger partial charge in [0.25, 0.3) is 0 Å². The Kier molecular flexibility index (Phi) is 8.45. The predicted octanol–water partition coefficient (Wildman–Crippen LogP) is 14.3. The van der Waals surface area contributed by atoms with Crippen molar-refractivity contribution in [1.29, 1.82) is 10.5 Å².